The monoisotopic (exact) mass is 270 g/mol. The third kappa shape index (κ3) is 3.07. The summed E-state index contributed by atoms with van der Waals surface area (Å²) < 4.78 is 5.34. The Morgan fingerprint density at radius 2 is 2.50 bits per heavy atom. The molecular weight excluding hydrogens is 252 g/mol. The summed E-state index contributed by atoms with van der Waals surface area (Å²) in [6, 6.07) is -0.0378. The van der Waals surface area contributed by atoms with E-state index in [0.29, 0.717) is 19.8 Å². The standard InChI is InChI=1S/C12H18N2O3S/c1-2-3-14(4-9-7-18-8-13-9)11-6-17-5-10(11)12(15)16/h7-8,10-11H,2-6H2,1H3,(H,15,16). The summed E-state index contributed by atoms with van der Waals surface area (Å²) in [5.74, 6) is -1.19. The smallest absolute Gasteiger partial charge is 0.310 e. The Kier molecular flexibility index (Phi) is 4.68. The zero-order valence-electron chi connectivity index (χ0n) is 10.4. The predicted molar refractivity (Wildman–Crippen MR) is 68.5 cm³/mol. The topological polar surface area (TPSA) is 62.7 Å². The second-order valence-corrected chi connectivity index (χ2v) is 5.22. The first kappa shape index (κ1) is 13.5. The van der Waals surface area contributed by atoms with Crippen LogP contribution in [0.4, 0.5) is 0 Å². The van der Waals surface area contributed by atoms with E-state index in [1.54, 1.807) is 16.8 Å². The van der Waals surface area contributed by atoms with Crippen molar-refractivity contribution >= 4 is 17.3 Å². The van der Waals surface area contributed by atoms with Gasteiger partial charge < -0.3 is 9.84 Å². The molecule has 1 fully saturated rings. The summed E-state index contributed by atoms with van der Waals surface area (Å²) in [6.07, 6.45) is 0.993. The number of aliphatic carboxylic acids is 1. The molecule has 0 aromatic carbocycles. The molecule has 2 heterocycles. The van der Waals surface area contributed by atoms with Gasteiger partial charge >= 0.3 is 5.97 Å². The molecule has 1 aliphatic rings. The van der Waals surface area contributed by atoms with Crippen molar-refractivity contribution in [3.63, 3.8) is 0 Å². The zero-order chi connectivity index (χ0) is 13.0. The maximum Gasteiger partial charge on any atom is 0.310 e. The fourth-order valence-corrected chi connectivity index (χ4v) is 2.86. The molecule has 1 aromatic heterocycles. The third-order valence-corrected chi connectivity index (χ3v) is 3.83. The van der Waals surface area contributed by atoms with Gasteiger partial charge in [-0.1, -0.05) is 6.92 Å². The molecule has 1 aliphatic heterocycles. The van der Waals surface area contributed by atoms with Crippen LogP contribution in [0.15, 0.2) is 10.9 Å². The van der Waals surface area contributed by atoms with Crippen molar-refractivity contribution in [3.8, 4) is 0 Å². The van der Waals surface area contributed by atoms with E-state index in [0.717, 1.165) is 18.7 Å². The lowest BCUT2D eigenvalue weighted by Crippen LogP contribution is -2.43. The van der Waals surface area contributed by atoms with Gasteiger partial charge in [0.1, 0.15) is 0 Å². The van der Waals surface area contributed by atoms with E-state index in [2.05, 4.69) is 16.8 Å². The normalized spacial score (nSPS) is 23.7. The highest BCUT2D eigenvalue weighted by Crippen LogP contribution is 2.22. The second-order valence-electron chi connectivity index (χ2n) is 4.50. The van der Waals surface area contributed by atoms with Crippen molar-refractivity contribution < 1.29 is 14.6 Å². The highest BCUT2D eigenvalue weighted by Gasteiger charge is 2.37. The SMILES string of the molecule is CCCN(Cc1cscn1)C1COCC1C(=O)O. The number of hydrogen-bond acceptors (Lipinski definition) is 5. The molecule has 0 amide bonds. The van der Waals surface area contributed by atoms with Crippen LogP contribution in [0.1, 0.15) is 19.0 Å². The minimum atomic E-state index is -0.767. The van der Waals surface area contributed by atoms with Gasteiger partial charge in [-0.2, -0.15) is 0 Å². The van der Waals surface area contributed by atoms with Gasteiger partial charge in [-0.15, -0.1) is 11.3 Å². The summed E-state index contributed by atoms with van der Waals surface area (Å²) in [6.45, 7) is 4.49. The molecule has 1 saturated heterocycles. The van der Waals surface area contributed by atoms with Gasteiger partial charge in [0.2, 0.25) is 0 Å². The second kappa shape index (κ2) is 6.26. The van der Waals surface area contributed by atoms with E-state index in [-0.39, 0.29) is 6.04 Å². The van der Waals surface area contributed by atoms with Crippen molar-refractivity contribution in [1.82, 2.24) is 9.88 Å². The van der Waals surface area contributed by atoms with Gasteiger partial charge in [-0.05, 0) is 13.0 Å². The molecule has 1 aromatic rings. The average molecular weight is 270 g/mol. The number of carboxylic acid groups (broad SMARTS) is 1. The number of hydrogen-bond donors (Lipinski definition) is 1. The molecule has 2 rings (SSSR count). The van der Waals surface area contributed by atoms with E-state index in [1.165, 1.54) is 0 Å². The molecule has 0 saturated carbocycles. The van der Waals surface area contributed by atoms with Gasteiger partial charge in [0.05, 0.1) is 30.3 Å². The van der Waals surface area contributed by atoms with Gasteiger partial charge in [0, 0.05) is 18.0 Å². The van der Waals surface area contributed by atoms with E-state index >= 15 is 0 Å². The quantitative estimate of drug-likeness (QED) is 0.848. The van der Waals surface area contributed by atoms with Crippen LogP contribution >= 0.6 is 11.3 Å². The van der Waals surface area contributed by atoms with Crippen LogP contribution in [-0.2, 0) is 16.1 Å². The number of carbonyl (C=O) groups is 1. The molecule has 2 unspecified atom stereocenters. The summed E-state index contributed by atoms with van der Waals surface area (Å²) in [5.41, 5.74) is 2.81. The zero-order valence-corrected chi connectivity index (χ0v) is 11.2. The van der Waals surface area contributed by atoms with Crippen molar-refractivity contribution in [2.24, 2.45) is 5.92 Å². The van der Waals surface area contributed by atoms with Gasteiger partial charge in [-0.25, -0.2) is 4.98 Å². The molecule has 0 bridgehead atoms. The molecule has 5 nitrogen and oxygen atoms in total. The largest absolute Gasteiger partial charge is 0.481 e. The Morgan fingerprint density at radius 3 is 3.11 bits per heavy atom. The minimum Gasteiger partial charge on any atom is -0.481 e. The first-order valence-corrected chi connectivity index (χ1v) is 7.08. The first-order chi connectivity index (χ1) is 8.72. The van der Waals surface area contributed by atoms with Gasteiger partial charge in [0.25, 0.3) is 0 Å². The van der Waals surface area contributed by atoms with Crippen molar-refractivity contribution in [2.45, 2.75) is 25.9 Å². The molecule has 6 heteroatoms. The van der Waals surface area contributed by atoms with Crippen LogP contribution in [0.5, 0.6) is 0 Å². The van der Waals surface area contributed by atoms with E-state index in [4.69, 9.17) is 4.74 Å². The molecule has 0 radical (unpaired) electrons. The Balaban J connectivity index is 2.06. The molecule has 18 heavy (non-hydrogen) atoms. The predicted octanol–water partition coefficient (Wildman–Crippen LogP) is 1.45. The number of nitrogens with zero attached hydrogens (tertiary/aromatic N) is 2. The van der Waals surface area contributed by atoms with Crippen LogP contribution in [0.3, 0.4) is 0 Å². The summed E-state index contributed by atoms with van der Waals surface area (Å²) >= 11 is 1.56. The number of aromatic nitrogens is 1. The van der Waals surface area contributed by atoms with Crippen LogP contribution in [0.25, 0.3) is 0 Å². The highest BCUT2D eigenvalue weighted by atomic mass is 32.1. The van der Waals surface area contributed by atoms with E-state index in [1.807, 2.05) is 5.38 Å². The lowest BCUT2D eigenvalue weighted by Gasteiger charge is -2.29. The van der Waals surface area contributed by atoms with Crippen LogP contribution < -0.4 is 0 Å². The highest BCUT2D eigenvalue weighted by molar-refractivity contribution is 7.07. The fraction of sp³-hybridized carbons (Fsp3) is 0.667. The molecule has 1 N–H and O–H groups in total. The van der Waals surface area contributed by atoms with Gasteiger partial charge in [0.15, 0.2) is 0 Å². The van der Waals surface area contributed by atoms with E-state index < -0.39 is 11.9 Å². The molecule has 0 aliphatic carbocycles. The molecule has 0 spiro atoms. The number of carboxylic acids is 1. The van der Waals surface area contributed by atoms with Crippen molar-refractivity contribution in [2.75, 3.05) is 19.8 Å². The first-order valence-electron chi connectivity index (χ1n) is 6.14. The Bertz CT molecular complexity index is 383. The van der Waals surface area contributed by atoms with Crippen LogP contribution in [-0.4, -0.2) is 46.8 Å². The lowest BCUT2D eigenvalue weighted by molar-refractivity contribution is -0.143. The summed E-state index contributed by atoms with van der Waals surface area (Å²) in [4.78, 5) is 17.7. The molecule has 100 valence electrons. The summed E-state index contributed by atoms with van der Waals surface area (Å²) in [5, 5.41) is 11.2. The average Bonchev–Trinajstić information content (AvgIpc) is 2.99. The Morgan fingerprint density at radius 1 is 1.67 bits per heavy atom. The van der Waals surface area contributed by atoms with Crippen LogP contribution in [0.2, 0.25) is 0 Å². The maximum absolute atomic E-state index is 11.2. The molecule has 2 atom stereocenters. The van der Waals surface area contributed by atoms with Crippen molar-refractivity contribution in [1.29, 1.82) is 0 Å². The third-order valence-electron chi connectivity index (χ3n) is 3.20. The fourth-order valence-electron chi connectivity index (χ4n) is 2.31. The van der Waals surface area contributed by atoms with E-state index in [9.17, 15) is 9.90 Å². The van der Waals surface area contributed by atoms with Gasteiger partial charge in [-0.3, -0.25) is 9.69 Å². The Labute approximate surface area is 110 Å². The minimum absolute atomic E-state index is 0.0378. The Hall–Kier alpha value is -0.980. The van der Waals surface area contributed by atoms with Crippen LogP contribution in [0, 0.1) is 5.92 Å². The number of ether oxygens (including phenoxy) is 1. The number of thiazole rings is 1. The number of rotatable bonds is 6. The lowest BCUT2D eigenvalue weighted by atomic mass is 10.0. The summed E-state index contributed by atoms with van der Waals surface area (Å²) in [7, 11) is 0. The maximum atomic E-state index is 11.2. The van der Waals surface area contributed by atoms with Crippen molar-refractivity contribution in [3.05, 3.63) is 16.6 Å². The molecular formula is C12H18N2O3S.